The van der Waals surface area contributed by atoms with Crippen LogP contribution in [0.1, 0.15) is 29.8 Å². The number of aromatic carboxylic acids is 1. The Hall–Kier alpha value is -2.30. The summed E-state index contributed by atoms with van der Waals surface area (Å²) in [5.41, 5.74) is 1.03. The van der Waals surface area contributed by atoms with E-state index in [0.717, 1.165) is 12.2 Å². The van der Waals surface area contributed by atoms with Gasteiger partial charge in [-0.05, 0) is 30.7 Å². The van der Waals surface area contributed by atoms with Crippen molar-refractivity contribution in [2.45, 2.75) is 20.3 Å². The van der Waals surface area contributed by atoms with Gasteiger partial charge in [0.15, 0.2) is 5.89 Å². The van der Waals surface area contributed by atoms with Crippen molar-refractivity contribution < 1.29 is 19.1 Å². The number of aryl methyl sites for hydroxylation is 1. The highest BCUT2D eigenvalue weighted by Gasteiger charge is 2.19. The second kappa shape index (κ2) is 5.56. The van der Waals surface area contributed by atoms with Gasteiger partial charge in [-0.25, -0.2) is 9.78 Å². The van der Waals surface area contributed by atoms with Crippen molar-refractivity contribution in [3.8, 4) is 17.0 Å². The fraction of sp³-hybridized carbons (Fsp3) is 0.286. The Morgan fingerprint density at radius 3 is 2.63 bits per heavy atom. The first-order valence-corrected chi connectivity index (χ1v) is 6.05. The van der Waals surface area contributed by atoms with E-state index in [-0.39, 0.29) is 5.76 Å². The molecule has 2 aromatic rings. The van der Waals surface area contributed by atoms with Gasteiger partial charge >= 0.3 is 5.97 Å². The van der Waals surface area contributed by atoms with Gasteiger partial charge < -0.3 is 14.3 Å². The summed E-state index contributed by atoms with van der Waals surface area (Å²) in [6, 6.07) is 7.13. The van der Waals surface area contributed by atoms with E-state index in [4.69, 9.17) is 14.3 Å². The van der Waals surface area contributed by atoms with Crippen molar-refractivity contribution in [3.05, 3.63) is 35.9 Å². The van der Waals surface area contributed by atoms with E-state index in [1.807, 2.05) is 6.92 Å². The number of nitrogens with zero attached hydrogens (tertiary/aromatic N) is 1. The first-order chi connectivity index (χ1) is 9.11. The highest BCUT2D eigenvalue weighted by Crippen LogP contribution is 2.26. The molecule has 0 radical (unpaired) electrons. The minimum Gasteiger partial charge on any atom is -0.494 e. The van der Waals surface area contributed by atoms with E-state index in [9.17, 15) is 4.79 Å². The number of ether oxygens (including phenoxy) is 1. The van der Waals surface area contributed by atoms with Crippen LogP contribution in [0.25, 0.3) is 11.3 Å². The van der Waals surface area contributed by atoms with E-state index in [1.165, 1.54) is 0 Å². The fourth-order valence-corrected chi connectivity index (χ4v) is 1.70. The van der Waals surface area contributed by atoms with Gasteiger partial charge in [-0.3, -0.25) is 0 Å². The molecule has 100 valence electrons. The Balaban J connectivity index is 2.29. The maximum atomic E-state index is 11.1. The van der Waals surface area contributed by atoms with Crippen molar-refractivity contribution in [3.63, 3.8) is 0 Å². The molecule has 0 bridgehead atoms. The Morgan fingerprint density at radius 1 is 1.37 bits per heavy atom. The van der Waals surface area contributed by atoms with Gasteiger partial charge in [-0.2, -0.15) is 0 Å². The smallest absolute Gasteiger partial charge is 0.374 e. The molecule has 0 aliphatic rings. The number of hydrogen-bond donors (Lipinski definition) is 1. The third-order valence-electron chi connectivity index (χ3n) is 2.53. The van der Waals surface area contributed by atoms with Crippen LogP contribution in [0.3, 0.4) is 0 Å². The average Bonchev–Trinajstić information content (AvgIpc) is 2.79. The lowest BCUT2D eigenvalue weighted by atomic mass is 10.1. The first-order valence-electron chi connectivity index (χ1n) is 6.05. The number of carboxylic acids is 1. The minimum atomic E-state index is -1.12. The first kappa shape index (κ1) is 13.1. The van der Waals surface area contributed by atoms with Gasteiger partial charge in [0.1, 0.15) is 11.4 Å². The van der Waals surface area contributed by atoms with Crippen LogP contribution in [-0.2, 0) is 0 Å². The largest absolute Gasteiger partial charge is 0.494 e. The molecular formula is C14H15NO4. The van der Waals surface area contributed by atoms with E-state index < -0.39 is 5.97 Å². The number of benzene rings is 1. The quantitative estimate of drug-likeness (QED) is 0.895. The van der Waals surface area contributed by atoms with E-state index in [2.05, 4.69) is 4.98 Å². The van der Waals surface area contributed by atoms with Crippen LogP contribution >= 0.6 is 0 Å². The van der Waals surface area contributed by atoms with Gasteiger partial charge in [0.2, 0.25) is 5.76 Å². The summed E-state index contributed by atoms with van der Waals surface area (Å²) >= 11 is 0. The lowest BCUT2D eigenvalue weighted by Crippen LogP contribution is -1.97. The van der Waals surface area contributed by atoms with Crippen molar-refractivity contribution >= 4 is 5.97 Å². The molecule has 1 aromatic heterocycles. The predicted molar refractivity (Wildman–Crippen MR) is 69.4 cm³/mol. The molecular weight excluding hydrogens is 246 g/mol. The molecule has 0 amide bonds. The van der Waals surface area contributed by atoms with E-state index in [0.29, 0.717) is 23.8 Å². The summed E-state index contributed by atoms with van der Waals surface area (Å²) in [7, 11) is 0. The number of aromatic nitrogens is 1. The molecule has 5 nitrogen and oxygen atoms in total. The topological polar surface area (TPSA) is 72.6 Å². The summed E-state index contributed by atoms with van der Waals surface area (Å²) in [6.45, 7) is 4.31. The zero-order chi connectivity index (χ0) is 13.8. The molecule has 0 unspecified atom stereocenters. The third kappa shape index (κ3) is 2.93. The maximum absolute atomic E-state index is 11.1. The monoisotopic (exact) mass is 261 g/mol. The van der Waals surface area contributed by atoms with Crippen molar-refractivity contribution in [1.82, 2.24) is 4.98 Å². The maximum Gasteiger partial charge on any atom is 0.374 e. The molecule has 19 heavy (non-hydrogen) atoms. The molecule has 1 N–H and O–H groups in total. The van der Waals surface area contributed by atoms with Crippen molar-refractivity contribution in [2.24, 2.45) is 0 Å². The molecule has 0 aliphatic heterocycles. The van der Waals surface area contributed by atoms with Gasteiger partial charge in [0.25, 0.3) is 0 Å². The second-order valence-corrected chi connectivity index (χ2v) is 4.09. The molecule has 0 fully saturated rings. The van der Waals surface area contributed by atoms with Gasteiger partial charge in [0, 0.05) is 12.5 Å². The van der Waals surface area contributed by atoms with Crippen LogP contribution in [0.5, 0.6) is 5.75 Å². The second-order valence-electron chi connectivity index (χ2n) is 4.09. The lowest BCUT2D eigenvalue weighted by molar-refractivity contribution is 0.0662. The van der Waals surface area contributed by atoms with Crippen LogP contribution in [0.4, 0.5) is 0 Å². The summed E-state index contributed by atoms with van der Waals surface area (Å²) in [4.78, 5) is 15.2. The van der Waals surface area contributed by atoms with Crippen LogP contribution < -0.4 is 4.74 Å². The Bertz CT molecular complexity index is 572. The SMILES string of the molecule is CCCOc1ccc(-c2nc(C)oc2C(=O)O)cc1. The zero-order valence-electron chi connectivity index (χ0n) is 10.8. The molecule has 0 atom stereocenters. The predicted octanol–water partition coefficient (Wildman–Crippen LogP) is 3.14. The minimum absolute atomic E-state index is 0.139. The summed E-state index contributed by atoms with van der Waals surface area (Å²) in [5.74, 6) is -0.178. The molecule has 0 saturated heterocycles. The summed E-state index contributed by atoms with van der Waals surface area (Å²) in [6.07, 6.45) is 0.938. The van der Waals surface area contributed by atoms with E-state index >= 15 is 0 Å². The molecule has 0 aliphatic carbocycles. The van der Waals surface area contributed by atoms with Gasteiger partial charge in [0.05, 0.1) is 6.61 Å². The standard InChI is InChI=1S/C14H15NO4/c1-3-8-18-11-6-4-10(5-7-11)12-13(14(16)17)19-9(2)15-12/h4-7H,3,8H2,1-2H3,(H,16,17). The van der Waals surface area contributed by atoms with Gasteiger partial charge in [-0.1, -0.05) is 6.92 Å². The Morgan fingerprint density at radius 2 is 2.05 bits per heavy atom. The average molecular weight is 261 g/mol. The van der Waals surface area contributed by atoms with Crippen LogP contribution in [-0.4, -0.2) is 22.7 Å². The van der Waals surface area contributed by atoms with Crippen LogP contribution in [0.15, 0.2) is 28.7 Å². The van der Waals surface area contributed by atoms with Crippen molar-refractivity contribution in [1.29, 1.82) is 0 Å². The summed E-state index contributed by atoms with van der Waals surface area (Å²) < 4.78 is 10.6. The van der Waals surface area contributed by atoms with Crippen LogP contribution in [0.2, 0.25) is 0 Å². The summed E-state index contributed by atoms with van der Waals surface area (Å²) in [5, 5.41) is 9.05. The highest BCUT2D eigenvalue weighted by molar-refractivity contribution is 5.91. The third-order valence-corrected chi connectivity index (χ3v) is 2.53. The lowest BCUT2D eigenvalue weighted by Gasteiger charge is -2.04. The number of carbonyl (C=O) groups is 1. The fourth-order valence-electron chi connectivity index (χ4n) is 1.70. The number of carboxylic acid groups (broad SMARTS) is 1. The Kier molecular flexibility index (Phi) is 3.85. The molecule has 1 heterocycles. The molecule has 0 saturated carbocycles. The molecule has 2 rings (SSSR count). The van der Waals surface area contributed by atoms with Crippen molar-refractivity contribution in [2.75, 3.05) is 6.61 Å². The highest BCUT2D eigenvalue weighted by atomic mass is 16.5. The number of oxazole rings is 1. The molecule has 0 spiro atoms. The number of hydrogen-bond acceptors (Lipinski definition) is 4. The van der Waals surface area contributed by atoms with Gasteiger partial charge in [-0.15, -0.1) is 0 Å². The number of rotatable bonds is 5. The van der Waals surface area contributed by atoms with Crippen LogP contribution in [0, 0.1) is 6.92 Å². The molecule has 1 aromatic carbocycles. The zero-order valence-corrected chi connectivity index (χ0v) is 10.8. The van der Waals surface area contributed by atoms with E-state index in [1.54, 1.807) is 31.2 Å². The Labute approximate surface area is 110 Å². The normalized spacial score (nSPS) is 10.4. The molecule has 5 heteroatoms.